The second-order valence-corrected chi connectivity index (χ2v) is 12.1. The quantitative estimate of drug-likeness (QED) is 0.465. The van der Waals surface area contributed by atoms with Gasteiger partial charge < -0.3 is 26.2 Å². The summed E-state index contributed by atoms with van der Waals surface area (Å²) < 4.78 is 0. The fourth-order valence-electron chi connectivity index (χ4n) is 6.16. The standard InChI is InChI=1S/C29H44ClN5O3/c1-20(2)26(36)35(23-6-4-3-5-7-23)24-12-17-34(19-24)27(37)25(18-21-8-10-22(30)11-9-21)33-28(38)29(31)13-15-32-16-14-29/h8-11,20,23-25,32H,3-7,12-19,31H2,1-2H3,(H,33,38). The lowest BCUT2D eigenvalue weighted by Gasteiger charge is -2.40. The van der Waals surface area contributed by atoms with Crippen molar-refractivity contribution in [3.8, 4) is 0 Å². The molecule has 4 rings (SSSR count). The lowest BCUT2D eigenvalue weighted by molar-refractivity contribution is -0.141. The molecule has 2 saturated heterocycles. The van der Waals surface area contributed by atoms with Crippen LogP contribution in [0.4, 0.5) is 0 Å². The molecule has 4 N–H and O–H groups in total. The van der Waals surface area contributed by atoms with Crippen LogP contribution in [0.25, 0.3) is 0 Å². The third-order valence-electron chi connectivity index (χ3n) is 8.49. The Balaban J connectivity index is 1.50. The highest BCUT2D eigenvalue weighted by molar-refractivity contribution is 6.30. The van der Waals surface area contributed by atoms with Crippen molar-refractivity contribution in [2.45, 2.75) is 95.3 Å². The number of carbonyl (C=O) groups excluding carboxylic acids is 3. The van der Waals surface area contributed by atoms with E-state index in [9.17, 15) is 14.4 Å². The fourth-order valence-corrected chi connectivity index (χ4v) is 6.29. The Hall–Kier alpha value is -2.16. The number of nitrogens with two attached hydrogens (primary N) is 1. The molecule has 0 aromatic heterocycles. The first-order valence-electron chi connectivity index (χ1n) is 14.3. The summed E-state index contributed by atoms with van der Waals surface area (Å²) in [5.74, 6) is -0.294. The van der Waals surface area contributed by atoms with E-state index >= 15 is 0 Å². The highest BCUT2D eigenvalue weighted by Gasteiger charge is 2.41. The van der Waals surface area contributed by atoms with Gasteiger partial charge in [-0.2, -0.15) is 0 Å². The number of amides is 3. The van der Waals surface area contributed by atoms with E-state index in [1.165, 1.54) is 6.42 Å². The van der Waals surface area contributed by atoms with E-state index in [0.29, 0.717) is 50.5 Å². The maximum atomic E-state index is 13.9. The molecule has 9 heteroatoms. The van der Waals surface area contributed by atoms with Crippen molar-refractivity contribution < 1.29 is 14.4 Å². The molecule has 0 spiro atoms. The Labute approximate surface area is 232 Å². The average molecular weight is 546 g/mol. The predicted octanol–water partition coefficient (Wildman–Crippen LogP) is 2.87. The smallest absolute Gasteiger partial charge is 0.245 e. The molecule has 0 radical (unpaired) electrons. The number of piperidine rings is 1. The van der Waals surface area contributed by atoms with Crippen LogP contribution in [-0.2, 0) is 20.8 Å². The van der Waals surface area contributed by atoms with Crippen LogP contribution in [0.5, 0.6) is 0 Å². The Morgan fingerprint density at radius 2 is 1.74 bits per heavy atom. The van der Waals surface area contributed by atoms with Crippen molar-refractivity contribution in [1.29, 1.82) is 0 Å². The number of hydrogen-bond acceptors (Lipinski definition) is 5. The van der Waals surface area contributed by atoms with E-state index in [2.05, 4.69) is 15.5 Å². The predicted molar refractivity (Wildman–Crippen MR) is 150 cm³/mol. The third kappa shape index (κ3) is 6.88. The zero-order valence-corrected chi connectivity index (χ0v) is 23.6. The molecule has 2 heterocycles. The third-order valence-corrected chi connectivity index (χ3v) is 8.74. The number of carbonyl (C=O) groups is 3. The number of benzene rings is 1. The van der Waals surface area contributed by atoms with Gasteiger partial charge in [-0.3, -0.25) is 14.4 Å². The molecule has 2 aliphatic heterocycles. The monoisotopic (exact) mass is 545 g/mol. The van der Waals surface area contributed by atoms with Crippen LogP contribution in [0.3, 0.4) is 0 Å². The van der Waals surface area contributed by atoms with Gasteiger partial charge >= 0.3 is 0 Å². The molecule has 8 nitrogen and oxygen atoms in total. The summed E-state index contributed by atoms with van der Waals surface area (Å²) in [6.07, 6.45) is 7.75. The molecule has 3 fully saturated rings. The molecule has 1 aromatic carbocycles. The fraction of sp³-hybridized carbons (Fsp3) is 0.690. The lowest BCUT2D eigenvalue weighted by atomic mass is 9.88. The Morgan fingerprint density at radius 3 is 2.37 bits per heavy atom. The maximum Gasteiger partial charge on any atom is 0.245 e. The summed E-state index contributed by atoms with van der Waals surface area (Å²) in [7, 11) is 0. The molecule has 1 aromatic rings. The molecule has 3 aliphatic rings. The van der Waals surface area contributed by atoms with Gasteiger partial charge in [0.25, 0.3) is 0 Å². The molecule has 1 saturated carbocycles. The van der Waals surface area contributed by atoms with Crippen molar-refractivity contribution in [3.05, 3.63) is 34.9 Å². The minimum Gasteiger partial charge on any atom is -0.342 e. The number of nitrogens with one attached hydrogen (secondary N) is 2. The lowest BCUT2D eigenvalue weighted by Crippen LogP contribution is -2.62. The van der Waals surface area contributed by atoms with Gasteiger partial charge in [-0.1, -0.05) is 56.8 Å². The number of rotatable bonds is 8. The van der Waals surface area contributed by atoms with Crippen LogP contribution in [0, 0.1) is 5.92 Å². The minimum absolute atomic E-state index is 0.00843. The molecule has 210 valence electrons. The van der Waals surface area contributed by atoms with Gasteiger partial charge in [-0.15, -0.1) is 0 Å². The number of hydrogen-bond donors (Lipinski definition) is 3. The average Bonchev–Trinajstić information content (AvgIpc) is 3.40. The molecular weight excluding hydrogens is 502 g/mol. The largest absolute Gasteiger partial charge is 0.342 e. The van der Waals surface area contributed by atoms with Gasteiger partial charge in [-0.05, 0) is 62.9 Å². The highest BCUT2D eigenvalue weighted by Crippen LogP contribution is 2.29. The normalized spacial score (nSPS) is 22.8. The molecule has 1 aliphatic carbocycles. The summed E-state index contributed by atoms with van der Waals surface area (Å²) in [4.78, 5) is 44.5. The number of nitrogens with zero attached hydrogens (tertiary/aromatic N) is 2. The van der Waals surface area contributed by atoms with Crippen molar-refractivity contribution in [2.75, 3.05) is 26.2 Å². The van der Waals surface area contributed by atoms with E-state index in [-0.39, 0.29) is 35.7 Å². The second kappa shape index (κ2) is 12.8. The number of halogens is 1. The van der Waals surface area contributed by atoms with E-state index in [1.807, 2.05) is 30.9 Å². The Morgan fingerprint density at radius 1 is 1.08 bits per heavy atom. The van der Waals surface area contributed by atoms with Crippen molar-refractivity contribution in [3.63, 3.8) is 0 Å². The van der Waals surface area contributed by atoms with E-state index in [0.717, 1.165) is 37.7 Å². The van der Waals surface area contributed by atoms with Gasteiger partial charge in [-0.25, -0.2) is 0 Å². The van der Waals surface area contributed by atoms with E-state index in [1.54, 1.807) is 12.1 Å². The van der Waals surface area contributed by atoms with Crippen molar-refractivity contribution in [1.82, 2.24) is 20.4 Å². The summed E-state index contributed by atoms with van der Waals surface area (Å²) in [5, 5.41) is 6.88. The molecule has 2 atom stereocenters. The molecule has 38 heavy (non-hydrogen) atoms. The van der Waals surface area contributed by atoms with Crippen molar-refractivity contribution in [2.24, 2.45) is 11.7 Å². The number of likely N-dealkylation sites (tertiary alicyclic amines) is 1. The van der Waals surface area contributed by atoms with Gasteiger partial charge in [0.15, 0.2) is 0 Å². The minimum atomic E-state index is -0.987. The summed E-state index contributed by atoms with van der Waals surface area (Å²) in [6.45, 7) is 6.33. The van der Waals surface area contributed by atoms with Crippen LogP contribution in [0.15, 0.2) is 24.3 Å². The van der Waals surface area contributed by atoms with Gasteiger partial charge in [0, 0.05) is 36.5 Å². The maximum absolute atomic E-state index is 13.9. The first-order chi connectivity index (χ1) is 18.2. The molecule has 2 unspecified atom stereocenters. The summed E-state index contributed by atoms with van der Waals surface area (Å²) >= 11 is 6.08. The Kier molecular flexibility index (Phi) is 9.71. The van der Waals surface area contributed by atoms with Crippen LogP contribution < -0.4 is 16.4 Å². The van der Waals surface area contributed by atoms with Crippen molar-refractivity contribution >= 4 is 29.3 Å². The zero-order chi connectivity index (χ0) is 27.3. The zero-order valence-electron chi connectivity index (χ0n) is 22.9. The second-order valence-electron chi connectivity index (χ2n) is 11.7. The molecular formula is C29H44ClN5O3. The Bertz CT molecular complexity index is 973. The molecule has 3 amide bonds. The van der Waals surface area contributed by atoms with Crippen LogP contribution in [0.1, 0.15) is 70.8 Å². The van der Waals surface area contributed by atoms with Crippen LogP contribution in [-0.4, -0.2) is 77.4 Å². The van der Waals surface area contributed by atoms with Gasteiger partial charge in [0.1, 0.15) is 6.04 Å². The van der Waals surface area contributed by atoms with Crippen LogP contribution >= 0.6 is 11.6 Å². The van der Waals surface area contributed by atoms with Gasteiger partial charge in [0.2, 0.25) is 17.7 Å². The first-order valence-corrected chi connectivity index (χ1v) is 14.7. The molecule has 0 bridgehead atoms. The summed E-state index contributed by atoms with van der Waals surface area (Å²) in [6, 6.07) is 6.88. The van der Waals surface area contributed by atoms with E-state index < -0.39 is 11.6 Å². The van der Waals surface area contributed by atoms with Crippen LogP contribution in [0.2, 0.25) is 5.02 Å². The first kappa shape index (κ1) is 28.8. The highest BCUT2D eigenvalue weighted by atomic mass is 35.5. The topological polar surface area (TPSA) is 108 Å². The summed E-state index contributed by atoms with van der Waals surface area (Å²) in [5.41, 5.74) is 6.41. The van der Waals surface area contributed by atoms with E-state index in [4.69, 9.17) is 17.3 Å². The SMILES string of the molecule is CC(C)C(=O)N(C1CCCCC1)C1CCN(C(=O)C(Cc2ccc(Cl)cc2)NC(=O)C2(N)CCNCC2)C1. The van der Waals surface area contributed by atoms with Gasteiger partial charge in [0.05, 0.1) is 11.6 Å².